The minimum absolute atomic E-state index is 0.115. The zero-order valence-corrected chi connectivity index (χ0v) is 19.7. The number of hydrogen-bond donors (Lipinski definition) is 2. The van der Waals surface area contributed by atoms with Gasteiger partial charge < -0.3 is 10.2 Å². The van der Waals surface area contributed by atoms with Crippen molar-refractivity contribution in [1.29, 1.82) is 0 Å². The van der Waals surface area contributed by atoms with Crippen LogP contribution in [0.15, 0.2) is 11.6 Å². The van der Waals surface area contributed by atoms with Gasteiger partial charge in [0.2, 0.25) is 0 Å². The van der Waals surface area contributed by atoms with E-state index in [0.29, 0.717) is 17.8 Å². The van der Waals surface area contributed by atoms with Gasteiger partial charge >= 0.3 is 0 Å². The first-order chi connectivity index (χ1) is 13.7. The molecule has 0 bridgehead atoms. The first-order valence-corrected chi connectivity index (χ1v) is 12.7. The summed E-state index contributed by atoms with van der Waals surface area (Å²) in [5.74, 6) is 4.95. The van der Waals surface area contributed by atoms with E-state index in [1.165, 1.54) is 56.9 Å². The molecule has 2 N–H and O–H groups in total. The Balaban J connectivity index is 1.50. The van der Waals surface area contributed by atoms with E-state index in [-0.39, 0.29) is 5.41 Å². The van der Waals surface area contributed by atoms with Crippen LogP contribution in [0.25, 0.3) is 0 Å². The van der Waals surface area contributed by atoms with Gasteiger partial charge in [0.25, 0.3) is 0 Å². The van der Waals surface area contributed by atoms with Crippen LogP contribution in [0, 0.1) is 46.3 Å². The van der Waals surface area contributed by atoms with Crippen LogP contribution < -0.4 is 0 Å². The molecule has 2 heteroatoms. The van der Waals surface area contributed by atoms with E-state index in [2.05, 4.69) is 40.7 Å². The van der Waals surface area contributed by atoms with Gasteiger partial charge in [0.1, 0.15) is 0 Å². The van der Waals surface area contributed by atoms with Crippen LogP contribution in [-0.2, 0) is 0 Å². The lowest BCUT2D eigenvalue weighted by molar-refractivity contribution is -0.0889. The first kappa shape index (κ1) is 21.9. The van der Waals surface area contributed by atoms with Crippen LogP contribution in [0.2, 0.25) is 0 Å². The summed E-state index contributed by atoms with van der Waals surface area (Å²) >= 11 is 0. The first-order valence-electron chi connectivity index (χ1n) is 12.7. The van der Waals surface area contributed by atoms with Crippen molar-refractivity contribution in [3.63, 3.8) is 0 Å². The van der Waals surface area contributed by atoms with Crippen molar-refractivity contribution in [1.82, 2.24) is 0 Å². The van der Waals surface area contributed by atoms with Crippen LogP contribution >= 0.6 is 0 Å². The van der Waals surface area contributed by atoms with E-state index in [1.807, 2.05) is 0 Å². The summed E-state index contributed by atoms with van der Waals surface area (Å²) < 4.78 is 0. The van der Waals surface area contributed by atoms with Gasteiger partial charge in [-0.25, -0.2) is 0 Å². The summed E-state index contributed by atoms with van der Waals surface area (Å²) in [6, 6.07) is 0. The monoisotopic (exact) mass is 402 g/mol. The summed E-state index contributed by atoms with van der Waals surface area (Å²) in [5.41, 5.74) is 2.09. The molecule has 0 saturated heterocycles. The van der Waals surface area contributed by atoms with Gasteiger partial charge in [0, 0.05) is 0 Å². The van der Waals surface area contributed by atoms with Crippen molar-refractivity contribution >= 4 is 0 Å². The topological polar surface area (TPSA) is 40.5 Å². The highest BCUT2D eigenvalue weighted by Gasteiger charge is 2.59. The maximum atomic E-state index is 10.5. The molecule has 166 valence electrons. The van der Waals surface area contributed by atoms with Gasteiger partial charge in [-0.2, -0.15) is 0 Å². The van der Waals surface area contributed by atoms with Crippen LogP contribution in [0.3, 0.4) is 0 Å². The van der Waals surface area contributed by atoms with Gasteiger partial charge in [0.15, 0.2) is 0 Å². The van der Waals surface area contributed by atoms with Crippen LogP contribution in [0.4, 0.5) is 0 Å². The lowest BCUT2D eigenvalue weighted by Crippen LogP contribution is -2.53. The molecule has 0 unspecified atom stereocenters. The SMILES string of the molecule is CC(C)CCC[C@@H](C)[C@H]1CC[C@H]2[C@@H]3CC=C4C[C@H](O)[C@@H](O)C[C@]4(C)[C@H]3CC[C@]12C. The minimum atomic E-state index is -0.553. The normalized spacial score (nSPS) is 47.9. The van der Waals surface area contributed by atoms with Gasteiger partial charge in [-0.3, -0.25) is 0 Å². The second-order valence-electron chi connectivity index (χ2n) is 12.3. The van der Waals surface area contributed by atoms with Crippen LogP contribution in [0.1, 0.15) is 98.8 Å². The third-order valence-electron chi connectivity index (χ3n) is 10.3. The third kappa shape index (κ3) is 3.65. The van der Waals surface area contributed by atoms with Crippen molar-refractivity contribution in [2.75, 3.05) is 0 Å². The average molecular weight is 403 g/mol. The third-order valence-corrected chi connectivity index (χ3v) is 10.3. The molecule has 0 aliphatic heterocycles. The van der Waals surface area contributed by atoms with Crippen molar-refractivity contribution in [2.24, 2.45) is 46.3 Å². The Kier molecular flexibility index (Phi) is 6.01. The molecule has 0 spiro atoms. The Morgan fingerprint density at radius 3 is 2.48 bits per heavy atom. The molecule has 0 amide bonds. The van der Waals surface area contributed by atoms with E-state index in [0.717, 1.165) is 36.0 Å². The molecule has 0 radical (unpaired) electrons. The standard InChI is InChI=1S/C27H46O2/c1-17(2)7-6-8-18(3)21-11-12-22-20-10-9-19-15-24(28)25(29)16-27(19,5)23(20)13-14-26(21,22)4/h9,17-18,20-25,28-29H,6-8,10-16H2,1-5H3/t18-,20+,21-,22+,23+,24+,25+,26-,27+/m1/s1. The zero-order chi connectivity index (χ0) is 21.0. The molecule has 2 nitrogen and oxygen atoms in total. The molecule has 9 atom stereocenters. The predicted molar refractivity (Wildman–Crippen MR) is 120 cm³/mol. The molecule has 0 aromatic carbocycles. The predicted octanol–water partition coefficient (Wildman–Crippen LogP) is 6.36. The van der Waals surface area contributed by atoms with Crippen molar-refractivity contribution in [2.45, 2.75) is 111 Å². The Labute approximate surface area is 179 Å². The molecular weight excluding hydrogens is 356 g/mol. The van der Waals surface area contributed by atoms with E-state index >= 15 is 0 Å². The fourth-order valence-electron chi connectivity index (χ4n) is 8.71. The number of aliphatic hydroxyl groups excluding tert-OH is 2. The second-order valence-corrected chi connectivity index (χ2v) is 12.3. The molecule has 4 rings (SSSR count). The number of fused-ring (bicyclic) bond motifs is 5. The van der Waals surface area contributed by atoms with E-state index in [9.17, 15) is 10.2 Å². The Hall–Kier alpha value is -0.340. The summed E-state index contributed by atoms with van der Waals surface area (Å²) in [4.78, 5) is 0. The average Bonchev–Trinajstić information content (AvgIpc) is 3.00. The van der Waals surface area contributed by atoms with Crippen molar-refractivity contribution in [3.05, 3.63) is 11.6 Å². The molecule has 3 saturated carbocycles. The van der Waals surface area contributed by atoms with Gasteiger partial charge in [-0.15, -0.1) is 0 Å². The van der Waals surface area contributed by atoms with Crippen LogP contribution in [0.5, 0.6) is 0 Å². The van der Waals surface area contributed by atoms with Crippen molar-refractivity contribution < 1.29 is 10.2 Å². The number of rotatable bonds is 5. The zero-order valence-electron chi connectivity index (χ0n) is 19.7. The molecule has 29 heavy (non-hydrogen) atoms. The lowest BCUT2D eigenvalue weighted by Gasteiger charge is -2.59. The number of aliphatic hydroxyl groups is 2. The quantitative estimate of drug-likeness (QED) is 0.525. The highest BCUT2D eigenvalue weighted by molar-refractivity contribution is 5.26. The van der Waals surface area contributed by atoms with Gasteiger partial charge in [-0.05, 0) is 91.3 Å². The van der Waals surface area contributed by atoms with E-state index < -0.39 is 12.2 Å². The minimum Gasteiger partial charge on any atom is -0.390 e. The van der Waals surface area contributed by atoms with Crippen LogP contribution in [-0.4, -0.2) is 22.4 Å². The largest absolute Gasteiger partial charge is 0.390 e. The molecule has 0 heterocycles. The second kappa shape index (κ2) is 7.97. The smallest absolute Gasteiger partial charge is 0.0836 e. The molecule has 4 aliphatic carbocycles. The lowest BCUT2D eigenvalue weighted by atomic mass is 9.46. The van der Waals surface area contributed by atoms with E-state index in [1.54, 1.807) is 0 Å². The molecular formula is C27H46O2. The molecule has 0 aromatic rings. The van der Waals surface area contributed by atoms with Gasteiger partial charge in [0.05, 0.1) is 12.2 Å². The summed E-state index contributed by atoms with van der Waals surface area (Å²) in [5, 5.41) is 20.7. The summed E-state index contributed by atoms with van der Waals surface area (Å²) in [6.45, 7) is 12.3. The fourth-order valence-corrected chi connectivity index (χ4v) is 8.71. The summed E-state index contributed by atoms with van der Waals surface area (Å²) in [7, 11) is 0. The highest BCUT2D eigenvalue weighted by atomic mass is 16.3. The number of allylic oxidation sites excluding steroid dienone is 1. The molecule has 3 fully saturated rings. The fraction of sp³-hybridized carbons (Fsp3) is 0.926. The number of hydrogen-bond acceptors (Lipinski definition) is 2. The molecule has 0 aromatic heterocycles. The van der Waals surface area contributed by atoms with E-state index in [4.69, 9.17) is 0 Å². The maximum absolute atomic E-state index is 10.5. The Bertz CT molecular complexity index is 624. The summed E-state index contributed by atoms with van der Waals surface area (Å²) in [6.07, 6.45) is 13.8. The van der Waals surface area contributed by atoms with Crippen molar-refractivity contribution in [3.8, 4) is 0 Å². The van der Waals surface area contributed by atoms with Gasteiger partial charge in [-0.1, -0.05) is 65.5 Å². The Morgan fingerprint density at radius 2 is 1.76 bits per heavy atom. The highest BCUT2D eigenvalue weighted by Crippen LogP contribution is 2.67. The Morgan fingerprint density at radius 1 is 1.00 bits per heavy atom. The maximum Gasteiger partial charge on any atom is 0.0836 e. The molecule has 4 aliphatic rings.